The largest absolute Gasteiger partial charge is 0.496 e. The number of carbonyl (C=O) groups is 1. The van der Waals surface area contributed by atoms with E-state index < -0.39 is 0 Å². The van der Waals surface area contributed by atoms with Gasteiger partial charge in [-0.05, 0) is 60.1 Å². The minimum absolute atomic E-state index is 0.00255. The highest BCUT2D eigenvalue weighted by Crippen LogP contribution is 2.45. The van der Waals surface area contributed by atoms with Gasteiger partial charge in [0.15, 0.2) is 0 Å². The number of Topliss-reactive ketones (excluding diaryl/α,β-unsaturated/α-hetero) is 1. The number of benzene rings is 2. The molecule has 0 bridgehead atoms. The second-order valence-electron chi connectivity index (χ2n) is 6.64. The van der Waals surface area contributed by atoms with Gasteiger partial charge in [0.2, 0.25) is 0 Å². The van der Waals surface area contributed by atoms with E-state index in [0.717, 1.165) is 48.3 Å². The van der Waals surface area contributed by atoms with E-state index in [0.29, 0.717) is 5.78 Å². The minimum atomic E-state index is -0.00255. The van der Waals surface area contributed by atoms with Gasteiger partial charge in [0.25, 0.3) is 0 Å². The van der Waals surface area contributed by atoms with E-state index in [1.54, 1.807) is 14.2 Å². The zero-order valence-electron chi connectivity index (χ0n) is 14.2. The van der Waals surface area contributed by atoms with Crippen molar-refractivity contribution in [3.8, 4) is 11.5 Å². The summed E-state index contributed by atoms with van der Waals surface area (Å²) in [6.45, 7) is 0. The second-order valence-corrected chi connectivity index (χ2v) is 6.64. The minimum Gasteiger partial charge on any atom is -0.496 e. The van der Waals surface area contributed by atoms with Gasteiger partial charge in [-0.2, -0.15) is 0 Å². The number of carbonyl (C=O) groups excluding carboxylic acids is 1. The van der Waals surface area contributed by atoms with Crippen molar-refractivity contribution in [1.29, 1.82) is 0 Å². The molecule has 0 aliphatic heterocycles. The first kappa shape index (κ1) is 15.3. The third-order valence-electron chi connectivity index (χ3n) is 5.58. The Morgan fingerprint density at radius 2 is 1.29 bits per heavy atom. The fourth-order valence-electron chi connectivity index (χ4n) is 4.46. The van der Waals surface area contributed by atoms with Gasteiger partial charge in [-0.15, -0.1) is 0 Å². The van der Waals surface area contributed by atoms with E-state index in [-0.39, 0.29) is 11.8 Å². The number of methoxy groups -OCH3 is 2. The summed E-state index contributed by atoms with van der Waals surface area (Å²) in [5.74, 6) is 2.18. The SMILES string of the molecule is COc1cccc2c1CCC2C(=O)C1CCc2c(OC)cccc21. The highest BCUT2D eigenvalue weighted by molar-refractivity contribution is 5.94. The highest BCUT2D eigenvalue weighted by Gasteiger charge is 2.38. The Balaban J connectivity index is 1.67. The van der Waals surface area contributed by atoms with Crippen LogP contribution >= 0.6 is 0 Å². The summed E-state index contributed by atoms with van der Waals surface area (Å²) in [5, 5.41) is 0. The molecule has 124 valence electrons. The van der Waals surface area contributed by atoms with Crippen molar-refractivity contribution in [2.24, 2.45) is 0 Å². The fraction of sp³-hybridized carbons (Fsp3) is 0.381. The van der Waals surface area contributed by atoms with Gasteiger partial charge in [-0.1, -0.05) is 24.3 Å². The summed E-state index contributed by atoms with van der Waals surface area (Å²) in [6.07, 6.45) is 3.63. The first-order valence-corrected chi connectivity index (χ1v) is 8.60. The van der Waals surface area contributed by atoms with Crippen LogP contribution in [0.15, 0.2) is 36.4 Å². The molecule has 2 aromatic rings. The summed E-state index contributed by atoms with van der Waals surface area (Å²) in [4.78, 5) is 13.3. The van der Waals surface area contributed by atoms with Gasteiger partial charge in [0, 0.05) is 11.8 Å². The number of ether oxygens (including phenoxy) is 2. The van der Waals surface area contributed by atoms with E-state index >= 15 is 0 Å². The van der Waals surface area contributed by atoms with Gasteiger partial charge >= 0.3 is 0 Å². The van der Waals surface area contributed by atoms with Crippen LogP contribution in [0.25, 0.3) is 0 Å². The Hall–Kier alpha value is -2.29. The molecule has 0 spiro atoms. The van der Waals surface area contributed by atoms with Crippen molar-refractivity contribution in [3.63, 3.8) is 0 Å². The van der Waals surface area contributed by atoms with Crippen molar-refractivity contribution < 1.29 is 14.3 Å². The molecule has 0 radical (unpaired) electrons. The first-order chi connectivity index (χ1) is 11.7. The third kappa shape index (κ3) is 2.22. The van der Waals surface area contributed by atoms with E-state index in [2.05, 4.69) is 12.1 Å². The quantitative estimate of drug-likeness (QED) is 0.852. The zero-order valence-corrected chi connectivity index (χ0v) is 14.2. The summed E-state index contributed by atoms with van der Waals surface area (Å²) in [5.41, 5.74) is 4.75. The van der Waals surface area contributed by atoms with Crippen molar-refractivity contribution in [2.45, 2.75) is 37.5 Å². The Bertz CT molecular complexity index is 728. The van der Waals surface area contributed by atoms with Gasteiger partial charge < -0.3 is 9.47 Å². The van der Waals surface area contributed by atoms with Gasteiger partial charge in [-0.3, -0.25) is 4.79 Å². The van der Waals surface area contributed by atoms with Crippen LogP contribution in [-0.2, 0) is 17.6 Å². The van der Waals surface area contributed by atoms with E-state index in [1.807, 2.05) is 24.3 Å². The smallest absolute Gasteiger partial charge is 0.147 e. The van der Waals surface area contributed by atoms with Crippen LogP contribution in [0, 0.1) is 0 Å². The number of hydrogen-bond donors (Lipinski definition) is 0. The maximum Gasteiger partial charge on any atom is 0.147 e. The van der Waals surface area contributed by atoms with Crippen LogP contribution in [0.2, 0.25) is 0 Å². The summed E-state index contributed by atoms with van der Waals surface area (Å²) < 4.78 is 10.9. The molecule has 3 heteroatoms. The van der Waals surface area contributed by atoms with E-state index in [1.165, 1.54) is 11.1 Å². The maximum absolute atomic E-state index is 13.3. The lowest BCUT2D eigenvalue weighted by Gasteiger charge is -2.17. The predicted octanol–water partition coefficient (Wildman–Crippen LogP) is 4.03. The lowest BCUT2D eigenvalue weighted by Crippen LogP contribution is -2.17. The molecule has 4 rings (SSSR count). The highest BCUT2D eigenvalue weighted by atomic mass is 16.5. The van der Waals surface area contributed by atoms with Crippen LogP contribution in [0.5, 0.6) is 11.5 Å². The molecule has 0 amide bonds. The van der Waals surface area contributed by atoms with Crippen LogP contribution in [0.4, 0.5) is 0 Å². The molecule has 0 saturated heterocycles. The van der Waals surface area contributed by atoms with Gasteiger partial charge in [0.05, 0.1) is 14.2 Å². The topological polar surface area (TPSA) is 35.5 Å². The van der Waals surface area contributed by atoms with Gasteiger partial charge in [-0.25, -0.2) is 0 Å². The van der Waals surface area contributed by atoms with Crippen molar-refractivity contribution in [3.05, 3.63) is 58.7 Å². The van der Waals surface area contributed by atoms with Crippen LogP contribution < -0.4 is 9.47 Å². The monoisotopic (exact) mass is 322 g/mol. The Labute approximate surface area is 142 Å². The van der Waals surface area contributed by atoms with Crippen LogP contribution in [-0.4, -0.2) is 20.0 Å². The predicted molar refractivity (Wildman–Crippen MR) is 93.1 cm³/mol. The molecular formula is C21H22O3. The first-order valence-electron chi connectivity index (χ1n) is 8.60. The summed E-state index contributed by atoms with van der Waals surface area (Å²) in [6, 6.07) is 12.1. The molecule has 0 N–H and O–H groups in total. The molecule has 2 aliphatic rings. The number of ketones is 1. The number of fused-ring (bicyclic) bond motifs is 2. The van der Waals surface area contributed by atoms with E-state index in [9.17, 15) is 4.79 Å². The molecule has 2 aromatic carbocycles. The third-order valence-corrected chi connectivity index (χ3v) is 5.58. The van der Waals surface area contributed by atoms with Crippen molar-refractivity contribution >= 4 is 5.78 Å². The second kappa shape index (κ2) is 5.97. The summed E-state index contributed by atoms with van der Waals surface area (Å²) in [7, 11) is 3.40. The molecule has 2 unspecified atom stereocenters. The van der Waals surface area contributed by atoms with Crippen molar-refractivity contribution in [1.82, 2.24) is 0 Å². The van der Waals surface area contributed by atoms with E-state index in [4.69, 9.17) is 9.47 Å². The molecule has 2 atom stereocenters. The zero-order chi connectivity index (χ0) is 16.7. The molecule has 24 heavy (non-hydrogen) atoms. The van der Waals surface area contributed by atoms with Crippen LogP contribution in [0.1, 0.15) is 46.9 Å². The molecule has 3 nitrogen and oxygen atoms in total. The molecule has 0 aromatic heterocycles. The Kier molecular flexibility index (Phi) is 3.79. The Morgan fingerprint density at radius 3 is 1.71 bits per heavy atom. The molecule has 0 fully saturated rings. The number of hydrogen-bond acceptors (Lipinski definition) is 3. The number of rotatable bonds is 4. The van der Waals surface area contributed by atoms with Gasteiger partial charge in [0.1, 0.15) is 17.3 Å². The van der Waals surface area contributed by atoms with Crippen molar-refractivity contribution in [2.75, 3.05) is 14.2 Å². The lowest BCUT2D eigenvalue weighted by atomic mass is 9.85. The average molecular weight is 322 g/mol. The molecular weight excluding hydrogens is 300 g/mol. The fourth-order valence-corrected chi connectivity index (χ4v) is 4.46. The van der Waals surface area contributed by atoms with Crippen LogP contribution in [0.3, 0.4) is 0 Å². The lowest BCUT2D eigenvalue weighted by molar-refractivity contribution is -0.121. The maximum atomic E-state index is 13.3. The normalized spacial score (nSPS) is 21.2. The molecule has 2 aliphatic carbocycles. The summed E-state index contributed by atoms with van der Waals surface area (Å²) >= 11 is 0. The average Bonchev–Trinajstić information content (AvgIpc) is 3.24. The Morgan fingerprint density at radius 1 is 0.833 bits per heavy atom. The molecule has 0 saturated carbocycles. The molecule has 0 heterocycles. The standard InChI is InChI=1S/C21H22O3/c1-23-19-7-3-5-13-15(19)9-11-17(13)21(22)18-12-10-16-14(18)6-4-8-20(16)24-2/h3-8,17-18H,9-12H2,1-2H3.